The highest BCUT2D eigenvalue weighted by molar-refractivity contribution is 5.72. The molecule has 0 radical (unpaired) electrons. The van der Waals surface area contributed by atoms with Crippen LogP contribution >= 0.6 is 0 Å². The Balaban J connectivity index is 2.40. The highest BCUT2D eigenvalue weighted by Gasteiger charge is 2.29. The van der Waals surface area contributed by atoms with E-state index in [0.29, 0.717) is 19.3 Å². The smallest absolute Gasteiger partial charge is 0.308 e. The minimum Gasteiger partial charge on any atom is -0.462 e. The third-order valence-corrected chi connectivity index (χ3v) is 2.91. The first-order valence-corrected chi connectivity index (χ1v) is 5.59. The fourth-order valence-electron chi connectivity index (χ4n) is 1.75. The summed E-state index contributed by atoms with van der Waals surface area (Å²) in [6, 6.07) is 0. The fraction of sp³-hybridized carbons (Fsp3) is 0.909. The molecule has 1 aliphatic rings. The molecule has 4 heteroatoms. The van der Waals surface area contributed by atoms with E-state index in [-0.39, 0.29) is 18.0 Å². The minimum atomic E-state index is -0.552. The zero-order valence-corrected chi connectivity index (χ0v) is 9.35. The number of carbonyl (C=O) groups is 1. The van der Waals surface area contributed by atoms with E-state index in [0.717, 1.165) is 6.42 Å². The lowest BCUT2D eigenvalue weighted by atomic mass is 9.92. The quantitative estimate of drug-likeness (QED) is 0.686. The number of rotatable bonds is 3. The van der Waals surface area contributed by atoms with Gasteiger partial charge in [-0.25, -0.2) is 0 Å². The van der Waals surface area contributed by atoms with Crippen LogP contribution in [0.5, 0.6) is 0 Å². The largest absolute Gasteiger partial charge is 0.462 e. The lowest BCUT2D eigenvalue weighted by Gasteiger charge is -2.29. The molecule has 2 N–H and O–H groups in total. The SMILES string of the molecule is CCC(C)C(=O)OC1CC(O)CC(O)C1. The van der Waals surface area contributed by atoms with Gasteiger partial charge in [0.05, 0.1) is 18.1 Å². The van der Waals surface area contributed by atoms with Crippen molar-refractivity contribution in [2.75, 3.05) is 0 Å². The second-order valence-corrected chi connectivity index (χ2v) is 4.38. The molecule has 0 heterocycles. The van der Waals surface area contributed by atoms with Gasteiger partial charge in [0.25, 0.3) is 0 Å². The van der Waals surface area contributed by atoms with Gasteiger partial charge in [0.2, 0.25) is 0 Å². The first-order valence-electron chi connectivity index (χ1n) is 5.59. The van der Waals surface area contributed by atoms with E-state index in [9.17, 15) is 15.0 Å². The molecule has 0 spiro atoms. The molecule has 3 unspecified atom stereocenters. The maximum Gasteiger partial charge on any atom is 0.308 e. The Kier molecular flexibility index (Phi) is 4.54. The van der Waals surface area contributed by atoms with Crippen LogP contribution in [0, 0.1) is 5.92 Å². The molecule has 0 bridgehead atoms. The molecule has 0 aliphatic heterocycles. The van der Waals surface area contributed by atoms with Gasteiger partial charge in [0.1, 0.15) is 6.10 Å². The normalized spacial score (nSPS) is 33.5. The van der Waals surface area contributed by atoms with Gasteiger partial charge in [-0.15, -0.1) is 0 Å². The van der Waals surface area contributed by atoms with Gasteiger partial charge >= 0.3 is 5.97 Å². The fourth-order valence-corrected chi connectivity index (χ4v) is 1.75. The van der Waals surface area contributed by atoms with E-state index in [1.807, 2.05) is 13.8 Å². The van der Waals surface area contributed by atoms with Crippen molar-refractivity contribution < 1.29 is 19.7 Å². The van der Waals surface area contributed by atoms with E-state index in [1.165, 1.54) is 0 Å². The van der Waals surface area contributed by atoms with Crippen LogP contribution in [-0.4, -0.2) is 34.5 Å². The number of esters is 1. The van der Waals surface area contributed by atoms with Gasteiger partial charge in [-0.05, 0) is 12.8 Å². The topological polar surface area (TPSA) is 66.8 Å². The number of carbonyl (C=O) groups excluding carboxylic acids is 1. The lowest BCUT2D eigenvalue weighted by Crippen LogP contribution is -2.36. The maximum atomic E-state index is 11.5. The molecule has 0 amide bonds. The van der Waals surface area contributed by atoms with E-state index in [4.69, 9.17) is 4.74 Å². The zero-order valence-electron chi connectivity index (χ0n) is 9.35. The van der Waals surface area contributed by atoms with E-state index in [1.54, 1.807) is 0 Å². The second kappa shape index (κ2) is 5.47. The summed E-state index contributed by atoms with van der Waals surface area (Å²) in [5.74, 6) is -0.343. The van der Waals surface area contributed by atoms with Crippen LogP contribution in [0.25, 0.3) is 0 Å². The maximum absolute atomic E-state index is 11.5. The Morgan fingerprint density at radius 2 is 1.87 bits per heavy atom. The van der Waals surface area contributed by atoms with Crippen LogP contribution in [0.1, 0.15) is 39.5 Å². The van der Waals surface area contributed by atoms with Crippen molar-refractivity contribution in [1.29, 1.82) is 0 Å². The summed E-state index contributed by atoms with van der Waals surface area (Å²) < 4.78 is 5.23. The average molecular weight is 216 g/mol. The van der Waals surface area contributed by atoms with E-state index < -0.39 is 12.2 Å². The van der Waals surface area contributed by atoms with Crippen LogP contribution in [-0.2, 0) is 9.53 Å². The van der Waals surface area contributed by atoms with Crippen molar-refractivity contribution in [3.05, 3.63) is 0 Å². The van der Waals surface area contributed by atoms with Crippen molar-refractivity contribution in [2.24, 2.45) is 5.92 Å². The number of hydrogen-bond donors (Lipinski definition) is 2. The zero-order chi connectivity index (χ0) is 11.4. The summed E-state index contributed by atoms with van der Waals surface area (Å²) in [4.78, 5) is 11.5. The third kappa shape index (κ3) is 3.80. The van der Waals surface area contributed by atoms with Crippen molar-refractivity contribution in [1.82, 2.24) is 0 Å². The summed E-state index contributed by atoms with van der Waals surface area (Å²) in [5, 5.41) is 18.8. The summed E-state index contributed by atoms with van der Waals surface area (Å²) >= 11 is 0. The highest BCUT2D eigenvalue weighted by Crippen LogP contribution is 2.22. The average Bonchev–Trinajstić information content (AvgIpc) is 2.14. The van der Waals surface area contributed by atoms with Crippen LogP contribution < -0.4 is 0 Å². The van der Waals surface area contributed by atoms with E-state index in [2.05, 4.69) is 0 Å². The van der Waals surface area contributed by atoms with Crippen molar-refractivity contribution in [2.45, 2.75) is 57.8 Å². The Hall–Kier alpha value is -0.610. The summed E-state index contributed by atoms with van der Waals surface area (Å²) in [6.45, 7) is 3.74. The third-order valence-electron chi connectivity index (χ3n) is 2.91. The van der Waals surface area contributed by atoms with Gasteiger partial charge in [-0.3, -0.25) is 4.79 Å². The Labute approximate surface area is 90.2 Å². The second-order valence-electron chi connectivity index (χ2n) is 4.38. The van der Waals surface area contributed by atoms with Gasteiger partial charge in [0, 0.05) is 12.8 Å². The Bertz CT molecular complexity index is 207. The van der Waals surface area contributed by atoms with Crippen molar-refractivity contribution in [3.8, 4) is 0 Å². The molecule has 15 heavy (non-hydrogen) atoms. The molecular formula is C11H20O4. The number of hydrogen-bond acceptors (Lipinski definition) is 4. The molecule has 0 aromatic heterocycles. The molecule has 4 nitrogen and oxygen atoms in total. The summed E-state index contributed by atoms with van der Waals surface area (Å²) in [6.07, 6.45) is 0.587. The number of aliphatic hydroxyl groups is 2. The first kappa shape index (κ1) is 12.5. The summed E-state index contributed by atoms with van der Waals surface area (Å²) in [5.41, 5.74) is 0. The molecule has 1 fully saturated rings. The lowest BCUT2D eigenvalue weighted by molar-refractivity contribution is -0.159. The molecule has 88 valence electrons. The molecule has 1 saturated carbocycles. The van der Waals surface area contributed by atoms with Crippen LogP contribution in [0.2, 0.25) is 0 Å². The number of ether oxygens (including phenoxy) is 1. The molecule has 0 aromatic carbocycles. The van der Waals surface area contributed by atoms with E-state index >= 15 is 0 Å². The van der Waals surface area contributed by atoms with Crippen LogP contribution in [0.15, 0.2) is 0 Å². The van der Waals surface area contributed by atoms with Gasteiger partial charge in [0.15, 0.2) is 0 Å². The molecule has 1 rings (SSSR count). The van der Waals surface area contributed by atoms with Crippen molar-refractivity contribution >= 4 is 5.97 Å². The molecule has 0 aromatic rings. The molecule has 1 aliphatic carbocycles. The summed E-state index contributed by atoms with van der Waals surface area (Å²) in [7, 11) is 0. The van der Waals surface area contributed by atoms with Gasteiger partial charge in [-0.1, -0.05) is 13.8 Å². The predicted molar refractivity (Wildman–Crippen MR) is 55.2 cm³/mol. The predicted octanol–water partition coefficient (Wildman–Crippen LogP) is 0.850. The first-order chi connectivity index (χ1) is 7.02. The van der Waals surface area contributed by atoms with Crippen LogP contribution in [0.4, 0.5) is 0 Å². The highest BCUT2D eigenvalue weighted by atomic mass is 16.5. The standard InChI is InChI=1S/C11H20O4/c1-3-7(2)11(14)15-10-5-8(12)4-9(13)6-10/h7-10,12-13H,3-6H2,1-2H3. The van der Waals surface area contributed by atoms with Gasteiger partial charge in [-0.2, -0.15) is 0 Å². The Morgan fingerprint density at radius 3 is 2.33 bits per heavy atom. The van der Waals surface area contributed by atoms with Gasteiger partial charge < -0.3 is 14.9 Å². The minimum absolute atomic E-state index is 0.110. The molecule has 0 saturated heterocycles. The molecule has 3 atom stereocenters. The molecular weight excluding hydrogens is 196 g/mol. The number of aliphatic hydroxyl groups excluding tert-OH is 2. The monoisotopic (exact) mass is 216 g/mol. The Morgan fingerprint density at radius 1 is 1.33 bits per heavy atom. The van der Waals surface area contributed by atoms with Crippen molar-refractivity contribution in [3.63, 3.8) is 0 Å². The van der Waals surface area contributed by atoms with Crippen LogP contribution in [0.3, 0.4) is 0 Å².